The van der Waals surface area contributed by atoms with Gasteiger partial charge in [-0.2, -0.15) is 0 Å². The van der Waals surface area contributed by atoms with Crippen molar-refractivity contribution in [2.45, 2.75) is 58.7 Å². The molecule has 0 saturated carbocycles. The van der Waals surface area contributed by atoms with Crippen molar-refractivity contribution in [2.75, 3.05) is 0 Å². The summed E-state index contributed by atoms with van der Waals surface area (Å²) >= 11 is 0. The van der Waals surface area contributed by atoms with Gasteiger partial charge in [0.25, 0.3) is 0 Å². The SMILES string of the molecule is CC(=O)N[C@@H](CC(C)C)C(=O)N[C@@H](CCC(=O)C=N)C(=O)NCc1ccc(F)cc1. The highest BCUT2D eigenvalue weighted by Gasteiger charge is 2.27. The van der Waals surface area contributed by atoms with E-state index >= 15 is 0 Å². The monoisotopic (exact) mass is 420 g/mol. The lowest BCUT2D eigenvalue weighted by atomic mass is 10.0. The van der Waals surface area contributed by atoms with Gasteiger partial charge in [0, 0.05) is 19.9 Å². The molecule has 8 nitrogen and oxygen atoms in total. The molecule has 0 fully saturated rings. The molecule has 0 aliphatic heterocycles. The number of nitrogens with one attached hydrogen (secondary N) is 4. The molecule has 2 atom stereocenters. The van der Waals surface area contributed by atoms with E-state index in [2.05, 4.69) is 16.0 Å². The minimum Gasteiger partial charge on any atom is -0.350 e. The lowest BCUT2D eigenvalue weighted by Gasteiger charge is -2.23. The van der Waals surface area contributed by atoms with Crippen LogP contribution >= 0.6 is 0 Å². The van der Waals surface area contributed by atoms with Crippen molar-refractivity contribution in [2.24, 2.45) is 5.92 Å². The van der Waals surface area contributed by atoms with Gasteiger partial charge >= 0.3 is 0 Å². The maximum absolute atomic E-state index is 13.0. The molecule has 0 aromatic heterocycles. The Bertz CT molecular complexity index is 765. The Balaban J connectivity index is 2.85. The van der Waals surface area contributed by atoms with Gasteiger partial charge in [-0.05, 0) is 36.5 Å². The number of benzene rings is 1. The van der Waals surface area contributed by atoms with Gasteiger partial charge in [0.2, 0.25) is 17.7 Å². The summed E-state index contributed by atoms with van der Waals surface area (Å²) in [6.45, 7) is 5.22. The maximum Gasteiger partial charge on any atom is 0.243 e. The van der Waals surface area contributed by atoms with Crippen LogP contribution in [0.25, 0.3) is 0 Å². The van der Waals surface area contributed by atoms with E-state index in [0.29, 0.717) is 18.2 Å². The number of ketones is 1. The van der Waals surface area contributed by atoms with Crippen LogP contribution in [0.5, 0.6) is 0 Å². The van der Waals surface area contributed by atoms with Gasteiger partial charge in [0.1, 0.15) is 17.9 Å². The van der Waals surface area contributed by atoms with Gasteiger partial charge in [-0.3, -0.25) is 19.2 Å². The Morgan fingerprint density at radius 2 is 1.67 bits per heavy atom. The van der Waals surface area contributed by atoms with Gasteiger partial charge in [-0.1, -0.05) is 26.0 Å². The molecule has 0 unspecified atom stereocenters. The third kappa shape index (κ3) is 9.40. The Kier molecular flexibility index (Phi) is 10.4. The summed E-state index contributed by atoms with van der Waals surface area (Å²) in [6.07, 6.45) is 0.958. The molecule has 30 heavy (non-hydrogen) atoms. The highest BCUT2D eigenvalue weighted by Crippen LogP contribution is 2.08. The summed E-state index contributed by atoms with van der Waals surface area (Å²) < 4.78 is 13.0. The predicted molar refractivity (Wildman–Crippen MR) is 110 cm³/mol. The summed E-state index contributed by atoms with van der Waals surface area (Å²) in [4.78, 5) is 48.2. The first-order chi connectivity index (χ1) is 14.1. The van der Waals surface area contributed by atoms with Crippen molar-refractivity contribution in [3.63, 3.8) is 0 Å². The van der Waals surface area contributed by atoms with Gasteiger partial charge in [-0.25, -0.2) is 4.39 Å². The van der Waals surface area contributed by atoms with Crippen molar-refractivity contribution >= 4 is 29.7 Å². The van der Waals surface area contributed by atoms with Crippen molar-refractivity contribution in [3.05, 3.63) is 35.6 Å². The van der Waals surface area contributed by atoms with Crippen molar-refractivity contribution in [1.29, 1.82) is 5.41 Å². The summed E-state index contributed by atoms with van der Waals surface area (Å²) in [5.41, 5.74) is 0.668. The number of amides is 3. The average Bonchev–Trinajstić information content (AvgIpc) is 2.68. The zero-order chi connectivity index (χ0) is 22.7. The van der Waals surface area contributed by atoms with Crippen LogP contribution < -0.4 is 16.0 Å². The summed E-state index contributed by atoms with van der Waals surface area (Å²) in [6, 6.07) is 3.76. The van der Waals surface area contributed by atoms with Gasteiger partial charge in [-0.15, -0.1) is 0 Å². The predicted octanol–water partition coefficient (Wildman–Crippen LogP) is 1.48. The molecule has 4 N–H and O–H groups in total. The van der Waals surface area contributed by atoms with E-state index in [4.69, 9.17) is 5.41 Å². The number of carbonyl (C=O) groups is 4. The first-order valence-electron chi connectivity index (χ1n) is 9.75. The number of Topliss-reactive ketones (excluding diaryl/α,β-unsaturated/α-hetero) is 1. The number of halogens is 1. The fraction of sp³-hybridized carbons (Fsp3) is 0.476. The highest BCUT2D eigenvalue weighted by atomic mass is 19.1. The molecule has 0 heterocycles. The smallest absolute Gasteiger partial charge is 0.243 e. The van der Waals surface area contributed by atoms with Crippen LogP contribution in [0.4, 0.5) is 4.39 Å². The number of hydrogen-bond donors (Lipinski definition) is 4. The molecule has 0 radical (unpaired) electrons. The fourth-order valence-corrected chi connectivity index (χ4v) is 2.76. The molecule has 3 amide bonds. The van der Waals surface area contributed by atoms with Crippen LogP contribution in [-0.4, -0.2) is 41.8 Å². The lowest BCUT2D eigenvalue weighted by Crippen LogP contribution is -2.53. The van der Waals surface area contributed by atoms with Crippen LogP contribution in [0.15, 0.2) is 24.3 Å². The zero-order valence-electron chi connectivity index (χ0n) is 17.5. The zero-order valence-corrected chi connectivity index (χ0v) is 17.5. The molecule has 0 saturated heterocycles. The molecule has 1 aromatic rings. The van der Waals surface area contributed by atoms with E-state index < -0.39 is 35.5 Å². The van der Waals surface area contributed by atoms with E-state index in [0.717, 1.165) is 0 Å². The topological polar surface area (TPSA) is 128 Å². The van der Waals surface area contributed by atoms with E-state index in [-0.39, 0.29) is 31.2 Å². The number of hydrogen-bond acceptors (Lipinski definition) is 5. The van der Waals surface area contributed by atoms with Crippen LogP contribution in [0.2, 0.25) is 0 Å². The average molecular weight is 420 g/mol. The molecule has 0 aliphatic carbocycles. The first kappa shape index (κ1) is 24.9. The number of rotatable bonds is 12. The normalized spacial score (nSPS) is 12.6. The second kappa shape index (κ2) is 12.5. The second-order valence-electron chi connectivity index (χ2n) is 7.44. The molecule has 1 rings (SSSR count). The Morgan fingerprint density at radius 3 is 2.20 bits per heavy atom. The van der Waals surface area contributed by atoms with E-state index in [1.165, 1.54) is 31.2 Å². The minimum atomic E-state index is -1.02. The van der Waals surface area contributed by atoms with Crippen LogP contribution in [0.3, 0.4) is 0 Å². The minimum absolute atomic E-state index is 0.00365. The summed E-state index contributed by atoms with van der Waals surface area (Å²) in [5, 5.41) is 14.8. The maximum atomic E-state index is 13.0. The van der Waals surface area contributed by atoms with Gasteiger partial charge in [0.15, 0.2) is 5.78 Å². The standard InChI is InChI=1S/C21H29FN4O4/c1-13(2)10-19(25-14(3)27)21(30)26-18(9-8-17(28)11-23)20(29)24-12-15-4-6-16(22)7-5-15/h4-7,11,13,18-19,23H,8-10,12H2,1-3H3,(H,24,29)(H,25,27)(H,26,30)/t18-,19-/m0/s1. The Labute approximate surface area is 175 Å². The molecule has 1 aromatic carbocycles. The first-order valence-corrected chi connectivity index (χ1v) is 9.75. The van der Waals surface area contributed by atoms with E-state index in [1.54, 1.807) is 0 Å². The Hall–Kier alpha value is -3.10. The quantitative estimate of drug-likeness (QED) is 0.382. The van der Waals surface area contributed by atoms with Crippen molar-refractivity contribution in [1.82, 2.24) is 16.0 Å². The highest BCUT2D eigenvalue weighted by molar-refractivity contribution is 6.26. The molecular formula is C21H29FN4O4. The summed E-state index contributed by atoms with van der Waals surface area (Å²) in [5.74, 6) is -2.15. The third-order valence-electron chi connectivity index (χ3n) is 4.25. The fourth-order valence-electron chi connectivity index (χ4n) is 2.76. The molecule has 164 valence electrons. The van der Waals surface area contributed by atoms with Gasteiger partial charge < -0.3 is 21.4 Å². The molecule has 0 spiro atoms. The number of carbonyl (C=O) groups excluding carboxylic acids is 4. The largest absolute Gasteiger partial charge is 0.350 e. The second-order valence-corrected chi connectivity index (χ2v) is 7.44. The molecule has 0 aliphatic rings. The van der Waals surface area contributed by atoms with E-state index in [9.17, 15) is 23.6 Å². The van der Waals surface area contributed by atoms with Crippen molar-refractivity contribution in [3.8, 4) is 0 Å². The van der Waals surface area contributed by atoms with E-state index in [1.807, 2.05) is 13.8 Å². The van der Waals surface area contributed by atoms with Gasteiger partial charge in [0.05, 0.1) is 6.21 Å². The van der Waals surface area contributed by atoms with Crippen LogP contribution in [-0.2, 0) is 25.7 Å². The molecule has 0 bridgehead atoms. The van der Waals surface area contributed by atoms with Crippen molar-refractivity contribution < 1.29 is 23.6 Å². The molecule has 9 heteroatoms. The van der Waals surface area contributed by atoms with Crippen LogP contribution in [0, 0.1) is 17.1 Å². The van der Waals surface area contributed by atoms with Crippen LogP contribution in [0.1, 0.15) is 45.6 Å². The summed E-state index contributed by atoms with van der Waals surface area (Å²) in [7, 11) is 0. The Morgan fingerprint density at radius 1 is 1.03 bits per heavy atom. The third-order valence-corrected chi connectivity index (χ3v) is 4.25. The molecular weight excluding hydrogens is 391 g/mol. The lowest BCUT2D eigenvalue weighted by molar-refractivity contribution is -0.132.